The molecule has 0 saturated carbocycles. The van der Waals surface area contributed by atoms with E-state index in [1.54, 1.807) is 30.3 Å². The molecular formula is C35H39F2N2NaO5. The van der Waals surface area contributed by atoms with Crippen LogP contribution >= 0.6 is 0 Å². The first kappa shape index (κ1) is 36.1. The molecule has 10 heteroatoms. The molecular weight excluding hydrogens is 589 g/mol. The van der Waals surface area contributed by atoms with Crippen LogP contribution in [0.4, 0.5) is 14.5 Å². The summed E-state index contributed by atoms with van der Waals surface area (Å²) in [6.07, 6.45) is -1.67. The Balaban J connectivity index is 0.00000552. The van der Waals surface area contributed by atoms with Gasteiger partial charge in [-0.15, -0.1) is 0 Å². The molecule has 7 nitrogen and oxygen atoms in total. The first-order chi connectivity index (χ1) is 21.0. The minimum atomic E-state index is -1.22. The second-order valence-corrected chi connectivity index (χ2v) is 11.2. The zero-order chi connectivity index (χ0) is 32.0. The van der Waals surface area contributed by atoms with Crippen LogP contribution in [0.3, 0.4) is 0 Å². The van der Waals surface area contributed by atoms with Gasteiger partial charge in [-0.25, -0.2) is 8.78 Å². The molecule has 1 heterocycles. The fourth-order valence-electron chi connectivity index (χ4n) is 5.58. The molecule has 0 fully saturated rings. The van der Waals surface area contributed by atoms with Gasteiger partial charge in [0.05, 0.1) is 18.6 Å². The maximum absolute atomic E-state index is 14.2. The predicted octanol–water partition coefficient (Wildman–Crippen LogP) is 6.37. The van der Waals surface area contributed by atoms with E-state index in [-0.39, 0.29) is 54.9 Å². The summed E-state index contributed by atoms with van der Waals surface area (Å²) in [5.74, 6) is -2.43. The van der Waals surface area contributed by atoms with Gasteiger partial charge in [-0.2, -0.15) is 0 Å². The van der Waals surface area contributed by atoms with E-state index in [0.717, 1.165) is 12.0 Å². The summed E-state index contributed by atoms with van der Waals surface area (Å²) in [6, 6.07) is 19.0. The van der Waals surface area contributed by atoms with E-state index in [9.17, 15) is 28.6 Å². The van der Waals surface area contributed by atoms with Crippen LogP contribution in [0.25, 0.3) is 22.3 Å². The van der Waals surface area contributed by atoms with Gasteiger partial charge in [0, 0.05) is 28.6 Å². The van der Waals surface area contributed by atoms with Crippen LogP contribution in [0.5, 0.6) is 0 Å². The Kier molecular flexibility index (Phi) is 13.1. The topological polar surface area (TPSA) is 112 Å². The van der Waals surface area contributed by atoms with Gasteiger partial charge < -0.3 is 25.2 Å². The number of aromatic nitrogens is 1. The average molecular weight is 629 g/mol. The van der Waals surface area contributed by atoms with Gasteiger partial charge in [0.1, 0.15) is 17.3 Å². The third-order valence-electron chi connectivity index (χ3n) is 7.57. The van der Waals surface area contributed by atoms with Gasteiger partial charge in [-0.1, -0.05) is 43.3 Å². The number of benzene rings is 3. The van der Waals surface area contributed by atoms with Crippen LogP contribution in [-0.4, -0.2) is 73.5 Å². The number of anilines is 1. The third kappa shape index (κ3) is 9.11. The molecule has 4 rings (SSSR count). The standard InChI is InChI=1S/C35H38F2N2O5.Na.H/c1-4-22-6-5-7-27(18-22)38-35(44)34-33(24-10-14-26(37)15-11-24)32(23-8-12-25(36)13-9-23)30(39(34)21(2)3)17-16-28(40)19-29(41)20-31(42)43;;/h5-15,18,21,28-29,40-41H,4,16-17,19-20H2,1-3H3,(H,38,44)(H,42,43);;/t28-,29-;;/m1../s1. The predicted molar refractivity (Wildman–Crippen MR) is 174 cm³/mol. The number of carboxylic acids is 1. The Morgan fingerprint density at radius 2 is 1.44 bits per heavy atom. The zero-order valence-corrected chi connectivity index (χ0v) is 25.1. The molecule has 0 saturated heterocycles. The van der Waals surface area contributed by atoms with Crippen LogP contribution in [0.1, 0.15) is 67.8 Å². The van der Waals surface area contributed by atoms with E-state index in [1.165, 1.54) is 24.3 Å². The molecule has 45 heavy (non-hydrogen) atoms. The second-order valence-electron chi connectivity index (χ2n) is 11.2. The Morgan fingerprint density at radius 3 is 1.98 bits per heavy atom. The number of aliphatic hydroxyl groups is 2. The van der Waals surface area contributed by atoms with E-state index in [2.05, 4.69) is 5.32 Å². The van der Waals surface area contributed by atoms with Gasteiger partial charge >= 0.3 is 35.5 Å². The van der Waals surface area contributed by atoms with Gasteiger partial charge in [0.2, 0.25) is 0 Å². The summed E-state index contributed by atoms with van der Waals surface area (Å²) in [7, 11) is 0. The number of halogens is 2. The fraction of sp³-hybridized carbons (Fsp3) is 0.314. The molecule has 1 aromatic heterocycles. The normalized spacial score (nSPS) is 12.4. The van der Waals surface area contributed by atoms with Crippen molar-refractivity contribution in [2.75, 3.05) is 5.32 Å². The van der Waals surface area contributed by atoms with Crippen molar-refractivity contribution in [3.63, 3.8) is 0 Å². The number of aliphatic carboxylic acids is 1. The first-order valence-electron chi connectivity index (χ1n) is 14.8. The van der Waals surface area contributed by atoms with E-state index < -0.39 is 42.1 Å². The molecule has 0 aliphatic heterocycles. The zero-order valence-electron chi connectivity index (χ0n) is 25.1. The van der Waals surface area contributed by atoms with Crippen molar-refractivity contribution >= 4 is 47.1 Å². The van der Waals surface area contributed by atoms with Crippen LogP contribution < -0.4 is 5.32 Å². The summed E-state index contributed by atoms with van der Waals surface area (Å²) in [5.41, 5.74) is 5.05. The minimum absolute atomic E-state index is 0. The Bertz CT molecular complexity index is 1600. The van der Waals surface area contributed by atoms with Gasteiger partial charge in [-0.05, 0) is 92.6 Å². The summed E-state index contributed by atoms with van der Waals surface area (Å²) in [4.78, 5) is 25.2. The quantitative estimate of drug-likeness (QED) is 0.129. The van der Waals surface area contributed by atoms with E-state index >= 15 is 0 Å². The number of aryl methyl sites for hydroxylation is 1. The molecule has 0 bridgehead atoms. The average Bonchev–Trinajstić information content (AvgIpc) is 3.32. The Labute approximate surface area is 284 Å². The Hall–Kier alpha value is -3.34. The number of carbonyl (C=O) groups is 2. The number of hydrogen-bond acceptors (Lipinski definition) is 4. The van der Waals surface area contributed by atoms with Crippen LogP contribution in [0.2, 0.25) is 0 Å². The number of carboxylic acid groups (broad SMARTS) is 1. The molecule has 0 spiro atoms. The maximum atomic E-state index is 14.2. The van der Waals surface area contributed by atoms with Crippen LogP contribution in [-0.2, 0) is 17.6 Å². The molecule has 4 N–H and O–H groups in total. The van der Waals surface area contributed by atoms with E-state index in [4.69, 9.17) is 5.11 Å². The number of hydrogen-bond donors (Lipinski definition) is 4. The fourth-order valence-corrected chi connectivity index (χ4v) is 5.58. The van der Waals surface area contributed by atoms with Crippen molar-refractivity contribution in [1.29, 1.82) is 0 Å². The molecule has 234 valence electrons. The van der Waals surface area contributed by atoms with Crippen molar-refractivity contribution in [2.24, 2.45) is 0 Å². The number of aliphatic hydroxyl groups excluding tert-OH is 2. The number of rotatable bonds is 13. The van der Waals surface area contributed by atoms with E-state index in [1.807, 2.05) is 43.5 Å². The molecule has 2 atom stereocenters. The number of nitrogens with zero attached hydrogens (tertiary/aromatic N) is 1. The second kappa shape index (κ2) is 16.3. The van der Waals surface area contributed by atoms with Crippen molar-refractivity contribution in [2.45, 2.75) is 71.1 Å². The molecule has 1 amide bonds. The molecule has 3 aromatic carbocycles. The summed E-state index contributed by atoms with van der Waals surface area (Å²) >= 11 is 0. The third-order valence-corrected chi connectivity index (χ3v) is 7.57. The van der Waals surface area contributed by atoms with E-state index in [0.29, 0.717) is 39.3 Å². The molecule has 4 aromatic rings. The van der Waals surface area contributed by atoms with Gasteiger partial charge in [-0.3, -0.25) is 9.59 Å². The summed E-state index contributed by atoms with van der Waals surface area (Å²) < 4.78 is 30.0. The Morgan fingerprint density at radius 1 is 0.867 bits per heavy atom. The van der Waals surface area contributed by atoms with Crippen molar-refractivity contribution in [3.05, 3.63) is 101 Å². The van der Waals surface area contributed by atoms with Crippen molar-refractivity contribution in [3.8, 4) is 22.3 Å². The molecule has 0 unspecified atom stereocenters. The number of nitrogens with one attached hydrogen (secondary N) is 1. The summed E-state index contributed by atoms with van der Waals surface area (Å²) in [6.45, 7) is 5.87. The van der Waals surface area contributed by atoms with Crippen molar-refractivity contribution in [1.82, 2.24) is 4.57 Å². The molecule has 0 aliphatic rings. The molecule has 0 radical (unpaired) electrons. The molecule has 0 aliphatic carbocycles. The van der Waals surface area contributed by atoms with Gasteiger partial charge in [0.25, 0.3) is 5.91 Å². The van der Waals surface area contributed by atoms with Crippen LogP contribution in [0, 0.1) is 11.6 Å². The number of amides is 1. The monoisotopic (exact) mass is 628 g/mol. The summed E-state index contributed by atoms with van der Waals surface area (Å²) in [5, 5.41) is 32.9. The number of carbonyl (C=O) groups excluding carboxylic acids is 1. The SMILES string of the molecule is CCc1cccc(NC(=O)c2c(-c3ccc(F)cc3)c(-c3ccc(F)cc3)c(CC[C@@H](O)C[C@@H](O)CC(=O)O)n2C(C)C)c1.[NaH]. The van der Waals surface area contributed by atoms with Gasteiger partial charge in [0.15, 0.2) is 0 Å². The van der Waals surface area contributed by atoms with Crippen LogP contribution in [0.15, 0.2) is 72.8 Å². The first-order valence-corrected chi connectivity index (χ1v) is 14.8. The van der Waals surface area contributed by atoms with Crippen molar-refractivity contribution < 1.29 is 33.7 Å².